The third kappa shape index (κ3) is 2.89. The van der Waals surface area contributed by atoms with Crippen molar-refractivity contribution in [3.8, 4) is 0 Å². The average Bonchev–Trinajstić information content (AvgIpc) is 3.13. The van der Waals surface area contributed by atoms with E-state index in [1.807, 2.05) is 36.4 Å². The normalized spacial score (nSPS) is 17.4. The van der Waals surface area contributed by atoms with E-state index in [2.05, 4.69) is 9.89 Å². The molecule has 0 saturated carbocycles. The number of carbonyl (C=O) groups is 1. The van der Waals surface area contributed by atoms with Gasteiger partial charge < -0.3 is 9.80 Å². The molecule has 2 aliphatic heterocycles. The number of benzene rings is 1. The molecule has 0 unspecified atom stereocenters. The van der Waals surface area contributed by atoms with Gasteiger partial charge >= 0.3 is 0 Å². The Hall–Kier alpha value is -2.40. The lowest BCUT2D eigenvalue weighted by Gasteiger charge is -2.21. The van der Waals surface area contributed by atoms with Crippen LogP contribution in [0.25, 0.3) is 0 Å². The number of aromatic nitrogens is 1. The van der Waals surface area contributed by atoms with Crippen LogP contribution in [-0.4, -0.2) is 43.3 Å². The van der Waals surface area contributed by atoms with E-state index in [0.717, 1.165) is 30.2 Å². The maximum absolute atomic E-state index is 12.3. The Morgan fingerprint density at radius 1 is 1.08 bits per heavy atom. The number of hydrogen-bond donors (Lipinski definition) is 0. The molecule has 0 aliphatic carbocycles. The summed E-state index contributed by atoms with van der Waals surface area (Å²) in [6.07, 6.45) is 2.37. The van der Waals surface area contributed by atoms with Crippen molar-refractivity contribution in [3.05, 3.63) is 52.7 Å². The van der Waals surface area contributed by atoms with Crippen molar-refractivity contribution in [2.45, 2.75) is 12.8 Å². The average molecular weight is 355 g/mol. The van der Waals surface area contributed by atoms with Gasteiger partial charge in [-0.3, -0.25) is 9.79 Å². The number of halogens is 1. The van der Waals surface area contributed by atoms with E-state index in [-0.39, 0.29) is 12.5 Å². The van der Waals surface area contributed by atoms with E-state index < -0.39 is 0 Å². The minimum absolute atomic E-state index is 0.0565. The molecule has 0 spiro atoms. The highest BCUT2D eigenvalue weighted by atomic mass is 35.5. The lowest BCUT2D eigenvalue weighted by atomic mass is 10.0. The summed E-state index contributed by atoms with van der Waals surface area (Å²) in [5, 5.41) is 0.609. The largest absolute Gasteiger partial charge is 0.357 e. The fourth-order valence-corrected chi connectivity index (χ4v) is 3.56. The summed E-state index contributed by atoms with van der Waals surface area (Å²) in [7, 11) is 1.77. The topological polar surface area (TPSA) is 48.8 Å². The molecule has 2 aliphatic rings. The molecule has 1 saturated heterocycles. The predicted molar refractivity (Wildman–Crippen MR) is 101 cm³/mol. The highest BCUT2D eigenvalue weighted by molar-refractivity contribution is 6.36. The lowest BCUT2D eigenvalue weighted by molar-refractivity contribution is -0.116. The summed E-state index contributed by atoms with van der Waals surface area (Å²) in [6, 6.07) is 11.5. The van der Waals surface area contributed by atoms with Crippen molar-refractivity contribution in [1.29, 1.82) is 0 Å². The molecule has 6 heteroatoms. The second-order valence-corrected chi connectivity index (χ2v) is 6.74. The minimum Gasteiger partial charge on any atom is -0.357 e. The van der Waals surface area contributed by atoms with E-state index in [0.29, 0.717) is 16.4 Å². The fourth-order valence-electron chi connectivity index (χ4n) is 3.34. The Balaban J connectivity index is 1.88. The summed E-state index contributed by atoms with van der Waals surface area (Å²) >= 11 is 6.40. The van der Waals surface area contributed by atoms with Crippen LogP contribution in [0.2, 0.25) is 5.02 Å². The van der Waals surface area contributed by atoms with E-state index in [4.69, 9.17) is 16.6 Å². The monoisotopic (exact) mass is 354 g/mol. The van der Waals surface area contributed by atoms with E-state index in [1.165, 1.54) is 12.8 Å². The number of carbonyl (C=O) groups excluding carboxylic acids is 1. The lowest BCUT2D eigenvalue weighted by Crippen LogP contribution is -2.28. The first-order chi connectivity index (χ1) is 12.1. The highest BCUT2D eigenvalue weighted by Crippen LogP contribution is 2.30. The van der Waals surface area contributed by atoms with Crippen molar-refractivity contribution in [2.75, 3.05) is 36.5 Å². The van der Waals surface area contributed by atoms with Gasteiger partial charge in [-0.25, -0.2) is 4.98 Å². The molecule has 4 rings (SSSR count). The number of pyridine rings is 1. The van der Waals surface area contributed by atoms with Gasteiger partial charge in [0.15, 0.2) is 0 Å². The van der Waals surface area contributed by atoms with Gasteiger partial charge in [0.1, 0.15) is 18.1 Å². The number of rotatable bonds is 2. The molecule has 128 valence electrons. The highest BCUT2D eigenvalue weighted by Gasteiger charge is 2.26. The zero-order chi connectivity index (χ0) is 17.4. The number of nitrogens with zero attached hydrogens (tertiary/aromatic N) is 4. The molecule has 0 bridgehead atoms. The van der Waals surface area contributed by atoms with Crippen LogP contribution in [-0.2, 0) is 4.79 Å². The third-order valence-corrected chi connectivity index (χ3v) is 5.08. The molecular weight excluding hydrogens is 336 g/mol. The van der Waals surface area contributed by atoms with Crippen LogP contribution in [0.4, 0.5) is 11.5 Å². The SMILES string of the molecule is CN1C(=O)CN=C(c2ccccc2Cl)c2nc(N3CCCC3)ccc21. The van der Waals surface area contributed by atoms with Crippen LogP contribution in [0.1, 0.15) is 24.1 Å². The molecule has 25 heavy (non-hydrogen) atoms. The Labute approximate surface area is 151 Å². The molecule has 1 fully saturated rings. The number of anilines is 2. The summed E-state index contributed by atoms with van der Waals surface area (Å²) in [5.74, 6) is 0.873. The van der Waals surface area contributed by atoms with Gasteiger partial charge in [0, 0.05) is 25.7 Å². The van der Waals surface area contributed by atoms with Crippen LogP contribution in [0.15, 0.2) is 41.4 Å². The molecule has 0 atom stereocenters. The van der Waals surface area contributed by atoms with Gasteiger partial charge in [0.05, 0.1) is 16.4 Å². The zero-order valence-electron chi connectivity index (χ0n) is 14.1. The molecule has 3 heterocycles. The second-order valence-electron chi connectivity index (χ2n) is 6.33. The molecule has 1 aromatic heterocycles. The summed E-state index contributed by atoms with van der Waals surface area (Å²) in [5.41, 5.74) is 2.97. The minimum atomic E-state index is -0.0565. The Morgan fingerprint density at radius 2 is 1.84 bits per heavy atom. The number of amides is 1. The molecule has 0 N–H and O–H groups in total. The van der Waals surface area contributed by atoms with Crippen LogP contribution in [0.5, 0.6) is 0 Å². The third-order valence-electron chi connectivity index (χ3n) is 4.75. The van der Waals surface area contributed by atoms with Gasteiger partial charge in [-0.15, -0.1) is 0 Å². The van der Waals surface area contributed by atoms with Gasteiger partial charge in [0.2, 0.25) is 5.91 Å². The first-order valence-electron chi connectivity index (χ1n) is 8.47. The molecule has 0 radical (unpaired) electrons. The Bertz CT molecular complexity index is 858. The standard InChI is InChI=1S/C19H19ClN4O/c1-23-15-8-9-16(24-10-4-5-11-24)22-19(15)18(21-12-17(23)25)13-6-2-3-7-14(13)20/h2-3,6-9H,4-5,10-12H2,1H3. The molecule has 1 aromatic carbocycles. The van der Waals surface area contributed by atoms with Crippen molar-refractivity contribution >= 4 is 34.7 Å². The number of fused-ring (bicyclic) bond motifs is 1. The van der Waals surface area contributed by atoms with Gasteiger partial charge in [-0.1, -0.05) is 29.8 Å². The predicted octanol–water partition coefficient (Wildman–Crippen LogP) is 3.15. The summed E-state index contributed by atoms with van der Waals surface area (Å²) < 4.78 is 0. The molecular formula is C19H19ClN4O. The van der Waals surface area contributed by atoms with Crippen LogP contribution >= 0.6 is 11.6 Å². The summed E-state index contributed by atoms with van der Waals surface area (Å²) in [4.78, 5) is 25.7. The first-order valence-corrected chi connectivity index (χ1v) is 8.85. The van der Waals surface area contributed by atoms with E-state index >= 15 is 0 Å². The van der Waals surface area contributed by atoms with Gasteiger partial charge in [-0.05, 0) is 31.0 Å². The van der Waals surface area contributed by atoms with Crippen molar-refractivity contribution in [1.82, 2.24) is 4.98 Å². The second kappa shape index (κ2) is 6.48. The maximum Gasteiger partial charge on any atom is 0.248 e. The van der Waals surface area contributed by atoms with Crippen LogP contribution < -0.4 is 9.80 Å². The Kier molecular flexibility index (Phi) is 4.17. The zero-order valence-corrected chi connectivity index (χ0v) is 14.8. The molecule has 1 amide bonds. The van der Waals surface area contributed by atoms with Gasteiger partial charge in [-0.2, -0.15) is 0 Å². The van der Waals surface area contributed by atoms with Crippen LogP contribution in [0.3, 0.4) is 0 Å². The number of likely N-dealkylation sites (N-methyl/N-ethyl adjacent to an activating group) is 1. The molecule has 2 aromatic rings. The molecule has 5 nitrogen and oxygen atoms in total. The number of hydrogen-bond acceptors (Lipinski definition) is 4. The van der Waals surface area contributed by atoms with Crippen molar-refractivity contribution in [2.24, 2.45) is 4.99 Å². The maximum atomic E-state index is 12.3. The number of aliphatic imine (C=N–C) groups is 1. The van der Waals surface area contributed by atoms with E-state index in [9.17, 15) is 4.79 Å². The first kappa shape index (κ1) is 16.1. The smallest absolute Gasteiger partial charge is 0.248 e. The Morgan fingerprint density at radius 3 is 2.60 bits per heavy atom. The van der Waals surface area contributed by atoms with Crippen molar-refractivity contribution in [3.63, 3.8) is 0 Å². The van der Waals surface area contributed by atoms with E-state index in [1.54, 1.807) is 11.9 Å². The fraction of sp³-hybridized carbons (Fsp3) is 0.316. The summed E-state index contributed by atoms with van der Waals surface area (Å²) in [6.45, 7) is 2.12. The quantitative estimate of drug-likeness (QED) is 0.832. The van der Waals surface area contributed by atoms with Crippen LogP contribution in [0, 0.1) is 0 Å². The van der Waals surface area contributed by atoms with Crippen molar-refractivity contribution < 1.29 is 4.79 Å². The van der Waals surface area contributed by atoms with Gasteiger partial charge in [0.25, 0.3) is 0 Å².